The molecule has 0 aromatic carbocycles. The highest BCUT2D eigenvalue weighted by atomic mass is 32.1. The van der Waals surface area contributed by atoms with Gasteiger partial charge in [0.25, 0.3) is 0 Å². The van der Waals surface area contributed by atoms with Gasteiger partial charge in [0.2, 0.25) is 0 Å². The van der Waals surface area contributed by atoms with Crippen LogP contribution in [0.15, 0.2) is 22.5 Å². The van der Waals surface area contributed by atoms with Gasteiger partial charge in [0.05, 0.1) is 0 Å². The minimum absolute atomic E-state index is 0.665. The van der Waals surface area contributed by atoms with Crippen LogP contribution in [-0.4, -0.2) is 55.0 Å². The standard InChI is InChI=1S/C15H24N4S/c1-16-15(17-13-4-2-5-13)19-9-7-18(8-10-19)12-14-6-3-11-20-14/h3,6,11,13H,2,4-5,7-10,12H2,1H3,(H,16,17). The lowest BCUT2D eigenvalue weighted by molar-refractivity contribution is 0.171. The molecule has 1 aliphatic heterocycles. The second kappa shape index (κ2) is 6.59. The number of rotatable bonds is 3. The van der Waals surface area contributed by atoms with Gasteiger partial charge < -0.3 is 10.2 Å². The molecule has 2 fully saturated rings. The molecule has 20 heavy (non-hydrogen) atoms. The number of piperazine rings is 1. The second-order valence-corrected chi connectivity index (χ2v) is 6.69. The molecule has 1 saturated carbocycles. The molecule has 1 saturated heterocycles. The summed E-state index contributed by atoms with van der Waals surface area (Å²) in [6.45, 7) is 5.52. The summed E-state index contributed by atoms with van der Waals surface area (Å²) in [5, 5.41) is 5.76. The predicted octanol–water partition coefficient (Wildman–Crippen LogP) is 1.99. The van der Waals surface area contributed by atoms with E-state index in [-0.39, 0.29) is 0 Å². The summed E-state index contributed by atoms with van der Waals surface area (Å²) >= 11 is 1.86. The third kappa shape index (κ3) is 3.33. The van der Waals surface area contributed by atoms with Gasteiger partial charge >= 0.3 is 0 Å². The first-order chi connectivity index (χ1) is 9.85. The second-order valence-electron chi connectivity index (χ2n) is 5.66. The first kappa shape index (κ1) is 13.9. The highest BCUT2D eigenvalue weighted by Crippen LogP contribution is 2.19. The lowest BCUT2D eigenvalue weighted by Crippen LogP contribution is -2.54. The minimum Gasteiger partial charge on any atom is -0.354 e. The smallest absolute Gasteiger partial charge is 0.193 e. The Morgan fingerprint density at radius 3 is 2.70 bits per heavy atom. The maximum atomic E-state index is 4.45. The van der Waals surface area contributed by atoms with Crippen molar-refractivity contribution in [1.29, 1.82) is 0 Å². The van der Waals surface area contributed by atoms with Crippen molar-refractivity contribution < 1.29 is 0 Å². The molecule has 0 amide bonds. The fourth-order valence-corrected chi connectivity index (χ4v) is 3.52. The SMILES string of the molecule is CN=C(NC1CCC1)N1CCN(Cc2cccs2)CC1. The van der Waals surface area contributed by atoms with E-state index in [1.54, 1.807) is 0 Å². The first-order valence-corrected chi connectivity index (χ1v) is 8.46. The predicted molar refractivity (Wildman–Crippen MR) is 85.3 cm³/mol. The molecule has 110 valence electrons. The number of hydrogen-bond donors (Lipinski definition) is 1. The third-order valence-corrected chi connectivity index (χ3v) is 5.14. The summed E-state index contributed by atoms with van der Waals surface area (Å²) in [5.41, 5.74) is 0. The van der Waals surface area contributed by atoms with Crippen LogP contribution in [0.1, 0.15) is 24.1 Å². The molecule has 3 rings (SSSR count). The number of nitrogens with one attached hydrogen (secondary N) is 1. The van der Waals surface area contributed by atoms with Crippen molar-refractivity contribution in [2.24, 2.45) is 4.99 Å². The van der Waals surface area contributed by atoms with E-state index in [0.717, 1.165) is 38.7 Å². The molecule has 0 atom stereocenters. The van der Waals surface area contributed by atoms with E-state index < -0.39 is 0 Å². The van der Waals surface area contributed by atoms with E-state index >= 15 is 0 Å². The van der Waals surface area contributed by atoms with Gasteiger partial charge in [-0.25, -0.2) is 0 Å². The van der Waals surface area contributed by atoms with Gasteiger partial charge in [-0.1, -0.05) is 6.07 Å². The molecule has 2 heterocycles. The zero-order valence-corrected chi connectivity index (χ0v) is 13.0. The van der Waals surface area contributed by atoms with E-state index in [4.69, 9.17) is 0 Å². The van der Waals surface area contributed by atoms with Gasteiger partial charge in [-0.2, -0.15) is 0 Å². The van der Waals surface area contributed by atoms with Gasteiger partial charge in [0.15, 0.2) is 5.96 Å². The van der Waals surface area contributed by atoms with Crippen LogP contribution in [0.3, 0.4) is 0 Å². The topological polar surface area (TPSA) is 30.9 Å². The van der Waals surface area contributed by atoms with Gasteiger partial charge in [-0.3, -0.25) is 9.89 Å². The lowest BCUT2D eigenvalue weighted by Gasteiger charge is -2.38. The summed E-state index contributed by atoms with van der Waals surface area (Å²) in [4.78, 5) is 10.9. The number of hydrogen-bond acceptors (Lipinski definition) is 3. The van der Waals surface area contributed by atoms with Crippen LogP contribution in [0.5, 0.6) is 0 Å². The Bertz CT molecular complexity index is 431. The van der Waals surface area contributed by atoms with E-state index in [2.05, 4.69) is 37.6 Å². The van der Waals surface area contributed by atoms with Crippen molar-refractivity contribution in [3.8, 4) is 0 Å². The van der Waals surface area contributed by atoms with Crippen LogP contribution in [0.25, 0.3) is 0 Å². The monoisotopic (exact) mass is 292 g/mol. The Hall–Kier alpha value is -1.07. The average molecular weight is 292 g/mol. The summed E-state index contributed by atoms with van der Waals surface area (Å²) in [6, 6.07) is 5.03. The fourth-order valence-electron chi connectivity index (χ4n) is 2.77. The van der Waals surface area contributed by atoms with Crippen LogP contribution in [0.2, 0.25) is 0 Å². The Morgan fingerprint density at radius 1 is 1.35 bits per heavy atom. The van der Waals surface area contributed by atoms with Crippen LogP contribution < -0.4 is 5.32 Å². The highest BCUT2D eigenvalue weighted by molar-refractivity contribution is 7.09. The molecule has 0 bridgehead atoms. The summed E-state index contributed by atoms with van der Waals surface area (Å²) in [6.07, 6.45) is 3.97. The Labute approximate surface area is 125 Å². The van der Waals surface area contributed by atoms with E-state index in [0.29, 0.717) is 6.04 Å². The number of nitrogens with zero attached hydrogens (tertiary/aromatic N) is 3. The molecule has 0 spiro atoms. The number of aliphatic imine (C=N–C) groups is 1. The molecule has 0 unspecified atom stereocenters. The Kier molecular flexibility index (Phi) is 4.58. The molecule has 5 heteroatoms. The summed E-state index contributed by atoms with van der Waals surface area (Å²) < 4.78 is 0. The van der Waals surface area contributed by atoms with Crippen molar-refractivity contribution in [2.45, 2.75) is 31.8 Å². The van der Waals surface area contributed by atoms with Crippen molar-refractivity contribution in [2.75, 3.05) is 33.2 Å². The third-order valence-electron chi connectivity index (χ3n) is 4.28. The minimum atomic E-state index is 0.665. The molecular formula is C15H24N4S. The largest absolute Gasteiger partial charge is 0.354 e. The van der Waals surface area contributed by atoms with Crippen molar-refractivity contribution >= 4 is 17.3 Å². The van der Waals surface area contributed by atoms with Gasteiger partial charge in [-0.05, 0) is 30.7 Å². The quantitative estimate of drug-likeness (QED) is 0.683. The Morgan fingerprint density at radius 2 is 2.15 bits per heavy atom. The molecular weight excluding hydrogens is 268 g/mol. The van der Waals surface area contributed by atoms with Gasteiger partial charge in [0.1, 0.15) is 0 Å². The molecule has 2 aliphatic rings. The highest BCUT2D eigenvalue weighted by Gasteiger charge is 2.24. The molecule has 0 radical (unpaired) electrons. The summed E-state index contributed by atoms with van der Waals surface area (Å²) in [5.74, 6) is 1.10. The van der Waals surface area contributed by atoms with Gasteiger partial charge in [-0.15, -0.1) is 11.3 Å². The van der Waals surface area contributed by atoms with Crippen molar-refractivity contribution in [1.82, 2.24) is 15.1 Å². The first-order valence-electron chi connectivity index (χ1n) is 7.58. The lowest BCUT2D eigenvalue weighted by atomic mass is 9.93. The molecule has 1 aromatic rings. The van der Waals surface area contributed by atoms with Gasteiger partial charge in [0, 0.05) is 50.7 Å². The van der Waals surface area contributed by atoms with E-state index in [9.17, 15) is 0 Å². The maximum absolute atomic E-state index is 4.45. The van der Waals surface area contributed by atoms with Crippen LogP contribution in [0.4, 0.5) is 0 Å². The van der Waals surface area contributed by atoms with E-state index in [1.807, 2.05) is 18.4 Å². The molecule has 1 aromatic heterocycles. The zero-order chi connectivity index (χ0) is 13.8. The Balaban J connectivity index is 1.47. The number of thiophene rings is 1. The van der Waals surface area contributed by atoms with Crippen LogP contribution >= 0.6 is 11.3 Å². The molecule has 1 aliphatic carbocycles. The van der Waals surface area contributed by atoms with Crippen molar-refractivity contribution in [3.05, 3.63) is 22.4 Å². The fraction of sp³-hybridized carbons (Fsp3) is 0.667. The summed E-state index contributed by atoms with van der Waals surface area (Å²) in [7, 11) is 1.90. The van der Waals surface area contributed by atoms with E-state index in [1.165, 1.54) is 24.1 Å². The maximum Gasteiger partial charge on any atom is 0.193 e. The molecule has 4 nitrogen and oxygen atoms in total. The van der Waals surface area contributed by atoms with Crippen LogP contribution in [-0.2, 0) is 6.54 Å². The van der Waals surface area contributed by atoms with Crippen LogP contribution in [0, 0.1) is 0 Å². The molecule has 1 N–H and O–H groups in total. The average Bonchev–Trinajstić information content (AvgIpc) is 2.92. The number of guanidine groups is 1. The normalized spacial score (nSPS) is 21.9. The zero-order valence-electron chi connectivity index (χ0n) is 12.2. The van der Waals surface area contributed by atoms with Crippen molar-refractivity contribution in [3.63, 3.8) is 0 Å².